The van der Waals surface area contributed by atoms with Crippen LogP contribution in [-0.2, 0) is 6.42 Å². The Balaban J connectivity index is 1.85. The Bertz CT molecular complexity index is 484. The average Bonchev–Trinajstić information content (AvgIpc) is 2.32. The maximum Gasteiger partial charge on any atom is 0.224 e. The van der Waals surface area contributed by atoms with Crippen LogP contribution in [-0.4, -0.2) is 16.5 Å². The van der Waals surface area contributed by atoms with Crippen LogP contribution in [0.5, 0.6) is 0 Å². The van der Waals surface area contributed by atoms with E-state index < -0.39 is 0 Å². The summed E-state index contributed by atoms with van der Waals surface area (Å²) in [5, 5.41) is 3.86. The molecule has 0 spiro atoms. The fraction of sp³-hybridized carbons (Fsp3) is 0.167. The molecular formula is C12H13ClN4. The third-order valence-electron chi connectivity index (χ3n) is 2.29. The lowest BCUT2D eigenvalue weighted by atomic mass is 10.1. The van der Waals surface area contributed by atoms with Crippen molar-refractivity contribution in [3.8, 4) is 0 Å². The Labute approximate surface area is 105 Å². The largest absolute Gasteiger partial charge is 0.384 e. The van der Waals surface area contributed by atoms with Crippen LogP contribution in [0.25, 0.3) is 0 Å². The first-order chi connectivity index (χ1) is 8.24. The van der Waals surface area contributed by atoms with E-state index >= 15 is 0 Å². The highest BCUT2D eigenvalue weighted by Crippen LogP contribution is 2.10. The number of nitrogens with one attached hydrogen (secondary N) is 1. The Morgan fingerprint density at radius 1 is 1.18 bits per heavy atom. The first-order valence-electron chi connectivity index (χ1n) is 5.31. The standard InChI is InChI=1S/C12H13ClN4/c13-10-3-1-9(2-4-10)5-7-15-12-16-8-6-11(14)17-12/h1-4,6,8H,5,7H2,(H3,14,15,16,17). The molecule has 0 saturated carbocycles. The quantitative estimate of drug-likeness (QED) is 0.872. The summed E-state index contributed by atoms with van der Waals surface area (Å²) in [5.74, 6) is 1.02. The number of benzene rings is 1. The fourth-order valence-corrected chi connectivity index (χ4v) is 1.55. The zero-order valence-corrected chi connectivity index (χ0v) is 9.98. The van der Waals surface area contributed by atoms with Crippen LogP contribution in [0.4, 0.5) is 11.8 Å². The normalized spacial score (nSPS) is 10.2. The molecule has 0 unspecified atom stereocenters. The third kappa shape index (κ3) is 3.60. The van der Waals surface area contributed by atoms with Gasteiger partial charge in [0.15, 0.2) is 0 Å². The van der Waals surface area contributed by atoms with E-state index in [-0.39, 0.29) is 0 Å². The maximum atomic E-state index is 5.81. The lowest BCUT2D eigenvalue weighted by Gasteiger charge is -2.05. The molecule has 0 saturated heterocycles. The SMILES string of the molecule is Nc1ccnc(NCCc2ccc(Cl)cc2)n1. The summed E-state index contributed by atoms with van der Waals surface area (Å²) in [6.45, 7) is 0.755. The van der Waals surface area contributed by atoms with Crippen molar-refractivity contribution in [3.05, 3.63) is 47.1 Å². The summed E-state index contributed by atoms with van der Waals surface area (Å²) in [6, 6.07) is 9.43. The van der Waals surface area contributed by atoms with E-state index in [1.54, 1.807) is 12.3 Å². The molecular weight excluding hydrogens is 236 g/mol. The monoisotopic (exact) mass is 248 g/mol. The van der Waals surface area contributed by atoms with Crippen LogP contribution in [0, 0.1) is 0 Å². The van der Waals surface area contributed by atoms with Crippen molar-refractivity contribution in [1.29, 1.82) is 0 Å². The average molecular weight is 249 g/mol. The van der Waals surface area contributed by atoms with Crippen LogP contribution < -0.4 is 11.1 Å². The van der Waals surface area contributed by atoms with Gasteiger partial charge in [0.1, 0.15) is 5.82 Å². The van der Waals surface area contributed by atoms with Crippen molar-refractivity contribution in [2.24, 2.45) is 0 Å². The van der Waals surface area contributed by atoms with Crippen molar-refractivity contribution in [2.45, 2.75) is 6.42 Å². The van der Waals surface area contributed by atoms with Crippen molar-refractivity contribution in [3.63, 3.8) is 0 Å². The zero-order chi connectivity index (χ0) is 12.1. The summed E-state index contributed by atoms with van der Waals surface area (Å²) < 4.78 is 0. The fourth-order valence-electron chi connectivity index (χ4n) is 1.43. The van der Waals surface area contributed by atoms with Crippen LogP contribution in [0.1, 0.15) is 5.56 Å². The number of hydrogen-bond acceptors (Lipinski definition) is 4. The first kappa shape index (κ1) is 11.7. The second kappa shape index (κ2) is 5.50. The van der Waals surface area contributed by atoms with Gasteiger partial charge in [-0.1, -0.05) is 23.7 Å². The predicted octanol–water partition coefficient (Wildman–Crippen LogP) is 2.37. The summed E-state index contributed by atoms with van der Waals surface area (Å²) in [4.78, 5) is 8.11. The number of nitrogen functional groups attached to an aromatic ring is 1. The Kier molecular flexibility index (Phi) is 3.77. The number of anilines is 2. The van der Waals surface area contributed by atoms with Crippen LogP contribution in [0.3, 0.4) is 0 Å². The van der Waals surface area contributed by atoms with Crippen molar-refractivity contribution in [1.82, 2.24) is 9.97 Å². The van der Waals surface area contributed by atoms with E-state index in [0.717, 1.165) is 18.0 Å². The van der Waals surface area contributed by atoms with Gasteiger partial charge in [-0.2, -0.15) is 4.98 Å². The summed E-state index contributed by atoms with van der Waals surface area (Å²) in [5.41, 5.74) is 6.77. The van der Waals surface area contributed by atoms with Gasteiger partial charge in [-0.05, 0) is 30.2 Å². The molecule has 4 nitrogen and oxygen atoms in total. The number of nitrogens with zero attached hydrogens (tertiary/aromatic N) is 2. The molecule has 0 atom stereocenters. The molecule has 3 N–H and O–H groups in total. The highest BCUT2D eigenvalue weighted by atomic mass is 35.5. The van der Waals surface area contributed by atoms with Crippen LogP contribution >= 0.6 is 11.6 Å². The number of rotatable bonds is 4. The van der Waals surface area contributed by atoms with E-state index in [4.69, 9.17) is 17.3 Å². The van der Waals surface area contributed by atoms with Crippen LogP contribution in [0.2, 0.25) is 5.02 Å². The lowest BCUT2D eigenvalue weighted by Crippen LogP contribution is -2.08. The Hall–Kier alpha value is -1.81. The van der Waals surface area contributed by atoms with Crippen LogP contribution in [0.15, 0.2) is 36.5 Å². The van der Waals surface area contributed by atoms with Crippen molar-refractivity contribution in [2.75, 3.05) is 17.6 Å². The summed E-state index contributed by atoms with van der Waals surface area (Å²) >= 11 is 5.81. The number of nitrogens with two attached hydrogens (primary N) is 1. The van der Waals surface area contributed by atoms with Gasteiger partial charge in [0, 0.05) is 17.8 Å². The molecule has 2 rings (SSSR count). The summed E-state index contributed by atoms with van der Waals surface area (Å²) in [7, 11) is 0. The van der Waals surface area contributed by atoms with Gasteiger partial charge in [0.05, 0.1) is 0 Å². The van der Waals surface area contributed by atoms with Gasteiger partial charge in [-0.15, -0.1) is 0 Å². The topological polar surface area (TPSA) is 63.8 Å². The second-order valence-corrected chi connectivity index (χ2v) is 4.04. The Morgan fingerprint density at radius 3 is 2.65 bits per heavy atom. The van der Waals surface area contributed by atoms with E-state index in [2.05, 4.69) is 15.3 Å². The van der Waals surface area contributed by atoms with E-state index in [0.29, 0.717) is 11.8 Å². The van der Waals surface area contributed by atoms with E-state index in [1.165, 1.54) is 5.56 Å². The van der Waals surface area contributed by atoms with Gasteiger partial charge in [0.25, 0.3) is 0 Å². The molecule has 0 aliphatic heterocycles. The van der Waals surface area contributed by atoms with E-state index in [9.17, 15) is 0 Å². The van der Waals surface area contributed by atoms with Gasteiger partial charge >= 0.3 is 0 Å². The number of hydrogen-bond donors (Lipinski definition) is 2. The maximum absolute atomic E-state index is 5.81. The minimum Gasteiger partial charge on any atom is -0.384 e. The molecule has 0 radical (unpaired) electrons. The summed E-state index contributed by atoms with van der Waals surface area (Å²) in [6.07, 6.45) is 2.52. The minimum absolute atomic E-state index is 0.467. The molecule has 5 heteroatoms. The number of aromatic nitrogens is 2. The molecule has 1 aromatic carbocycles. The van der Waals surface area contributed by atoms with Gasteiger partial charge in [-0.3, -0.25) is 0 Å². The molecule has 0 aliphatic rings. The predicted molar refractivity (Wildman–Crippen MR) is 70.1 cm³/mol. The first-order valence-corrected chi connectivity index (χ1v) is 5.69. The van der Waals surface area contributed by atoms with E-state index in [1.807, 2.05) is 24.3 Å². The highest BCUT2D eigenvalue weighted by molar-refractivity contribution is 6.30. The van der Waals surface area contributed by atoms with Gasteiger partial charge in [-0.25, -0.2) is 4.98 Å². The molecule has 0 amide bonds. The zero-order valence-electron chi connectivity index (χ0n) is 9.23. The number of halogens is 1. The third-order valence-corrected chi connectivity index (χ3v) is 2.54. The molecule has 0 aliphatic carbocycles. The molecule has 17 heavy (non-hydrogen) atoms. The molecule has 2 aromatic rings. The van der Waals surface area contributed by atoms with Crippen molar-refractivity contribution >= 4 is 23.4 Å². The Morgan fingerprint density at radius 2 is 1.94 bits per heavy atom. The lowest BCUT2D eigenvalue weighted by molar-refractivity contribution is 0.986. The van der Waals surface area contributed by atoms with Gasteiger partial charge in [0.2, 0.25) is 5.95 Å². The molecule has 1 heterocycles. The second-order valence-electron chi connectivity index (χ2n) is 3.61. The van der Waals surface area contributed by atoms with Gasteiger partial charge < -0.3 is 11.1 Å². The molecule has 1 aromatic heterocycles. The molecule has 0 fully saturated rings. The van der Waals surface area contributed by atoms with Crippen molar-refractivity contribution < 1.29 is 0 Å². The highest BCUT2D eigenvalue weighted by Gasteiger charge is 1.97. The molecule has 0 bridgehead atoms. The minimum atomic E-state index is 0.467. The smallest absolute Gasteiger partial charge is 0.224 e. The molecule has 88 valence electrons.